The van der Waals surface area contributed by atoms with Crippen molar-refractivity contribution < 1.29 is 14.3 Å². The molecule has 0 aliphatic carbocycles. The van der Waals surface area contributed by atoms with Gasteiger partial charge in [0, 0.05) is 33.4 Å². The average Bonchev–Trinajstić information content (AvgIpc) is 2.38. The first-order valence-electron chi connectivity index (χ1n) is 6.44. The maximum atomic E-state index is 11.7. The Hall–Kier alpha value is -0.810. The number of amides is 2. The number of likely N-dealkylation sites (tertiary alicyclic amines) is 1. The lowest BCUT2D eigenvalue weighted by atomic mass is 10.1. The molecule has 1 aliphatic rings. The third-order valence-electron chi connectivity index (χ3n) is 2.82. The van der Waals surface area contributed by atoms with E-state index in [-0.39, 0.29) is 6.03 Å². The summed E-state index contributed by atoms with van der Waals surface area (Å²) in [5.74, 6) is 0. The highest BCUT2D eigenvalue weighted by Gasteiger charge is 2.15. The molecular formula is C12H24N2O3. The van der Waals surface area contributed by atoms with Crippen LogP contribution in [0.25, 0.3) is 0 Å². The van der Waals surface area contributed by atoms with Gasteiger partial charge in [-0.3, -0.25) is 0 Å². The molecule has 1 heterocycles. The lowest BCUT2D eigenvalue weighted by Gasteiger charge is -2.26. The number of methoxy groups -OCH3 is 1. The zero-order chi connectivity index (χ0) is 12.3. The van der Waals surface area contributed by atoms with Gasteiger partial charge in [0.15, 0.2) is 0 Å². The van der Waals surface area contributed by atoms with Gasteiger partial charge in [0.25, 0.3) is 0 Å². The Kier molecular flexibility index (Phi) is 7.75. The zero-order valence-electron chi connectivity index (χ0n) is 10.7. The number of nitrogens with zero attached hydrogens (tertiary/aromatic N) is 1. The van der Waals surface area contributed by atoms with Gasteiger partial charge in [0.05, 0.1) is 13.2 Å². The van der Waals surface area contributed by atoms with Crippen LogP contribution in [0.2, 0.25) is 0 Å². The summed E-state index contributed by atoms with van der Waals surface area (Å²) < 4.78 is 10.2. The molecule has 17 heavy (non-hydrogen) atoms. The first kappa shape index (κ1) is 14.3. The van der Waals surface area contributed by atoms with Crippen molar-refractivity contribution in [2.24, 2.45) is 0 Å². The second kappa shape index (κ2) is 9.24. The molecule has 0 radical (unpaired) electrons. The van der Waals surface area contributed by atoms with Crippen LogP contribution < -0.4 is 5.32 Å². The summed E-state index contributed by atoms with van der Waals surface area (Å²) in [5, 5.41) is 2.92. The quantitative estimate of drug-likeness (QED) is 0.685. The van der Waals surface area contributed by atoms with E-state index in [4.69, 9.17) is 9.47 Å². The van der Waals surface area contributed by atoms with Crippen LogP contribution in [0, 0.1) is 0 Å². The van der Waals surface area contributed by atoms with Crippen molar-refractivity contribution in [2.45, 2.75) is 25.7 Å². The molecule has 5 nitrogen and oxygen atoms in total. The summed E-state index contributed by atoms with van der Waals surface area (Å²) in [5.41, 5.74) is 0. The van der Waals surface area contributed by atoms with Gasteiger partial charge in [-0.05, 0) is 25.7 Å². The number of rotatable bonds is 7. The van der Waals surface area contributed by atoms with Crippen molar-refractivity contribution in [1.29, 1.82) is 0 Å². The molecule has 0 aromatic rings. The molecule has 0 unspecified atom stereocenters. The third kappa shape index (κ3) is 6.48. The minimum absolute atomic E-state index is 0.0709. The van der Waals surface area contributed by atoms with Crippen LogP contribution in [0.5, 0.6) is 0 Å². The van der Waals surface area contributed by atoms with Gasteiger partial charge in [-0.1, -0.05) is 0 Å². The Balaban J connectivity index is 1.92. The van der Waals surface area contributed by atoms with Crippen molar-refractivity contribution in [3.63, 3.8) is 0 Å². The van der Waals surface area contributed by atoms with Gasteiger partial charge in [0.2, 0.25) is 0 Å². The van der Waals surface area contributed by atoms with E-state index < -0.39 is 0 Å². The summed E-state index contributed by atoms with van der Waals surface area (Å²) in [4.78, 5) is 13.6. The van der Waals surface area contributed by atoms with Gasteiger partial charge in [-0.15, -0.1) is 0 Å². The largest absolute Gasteiger partial charge is 0.382 e. The molecule has 1 rings (SSSR count). The predicted octanol–water partition coefficient (Wildman–Crippen LogP) is 1.23. The van der Waals surface area contributed by atoms with E-state index in [2.05, 4.69) is 5.32 Å². The fourth-order valence-electron chi connectivity index (χ4n) is 1.82. The zero-order valence-corrected chi connectivity index (χ0v) is 10.7. The molecule has 0 aromatic carbocycles. The SMILES string of the molecule is COCCOCCCNC(=O)N1CCCCC1. The molecule has 0 bridgehead atoms. The molecule has 1 fully saturated rings. The fourth-order valence-corrected chi connectivity index (χ4v) is 1.82. The number of hydrogen-bond donors (Lipinski definition) is 1. The number of urea groups is 1. The van der Waals surface area contributed by atoms with Crippen LogP contribution in [0.15, 0.2) is 0 Å². The monoisotopic (exact) mass is 244 g/mol. The van der Waals surface area contributed by atoms with Crippen molar-refractivity contribution in [3.05, 3.63) is 0 Å². The molecule has 5 heteroatoms. The normalized spacial score (nSPS) is 15.9. The predicted molar refractivity (Wildman–Crippen MR) is 66.1 cm³/mol. The Labute approximate surface area is 103 Å². The number of nitrogens with one attached hydrogen (secondary N) is 1. The van der Waals surface area contributed by atoms with Crippen LogP contribution in [0.4, 0.5) is 4.79 Å². The molecular weight excluding hydrogens is 220 g/mol. The van der Waals surface area contributed by atoms with Gasteiger partial charge < -0.3 is 19.7 Å². The van der Waals surface area contributed by atoms with Crippen molar-refractivity contribution in [3.8, 4) is 0 Å². The Morgan fingerprint density at radius 2 is 1.94 bits per heavy atom. The van der Waals surface area contributed by atoms with E-state index in [9.17, 15) is 4.79 Å². The lowest BCUT2D eigenvalue weighted by molar-refractivity contribution is 0.0695. The minimum Gasteiger partial charge on any atom is -0.382 e. The van der Waals surface area contributed by atoms with Gasteiger partial charge in [-0.2, -0.15) is 0 Å². The van der Waals surface area contributed by atoms with Crippen LogP contribution in [-0.4, -0.2) is 57.5 Å². The van der Waals surface area contributed by atoms with E-state index >= 15 is 0 Å². The topological polar surface area (TPSA) is 50.8 Å². The van der Waals surface area contributed by atoms with Crippen molar-refractivity contribution in [2.75, 3.05) is 46.6 Å². The first-order valence-corrected chi connectivity index (χ1v) is 6.44. The number of piperidine rings is 1. The van der Waals surface area contributed by atoms with Gasteiger partial charge in [0.1, 0.15) is 0 Å². The lowest BCUT2D eigenvalue weighted by Crippen LogP contribution is -2.43. The fraction of sp³-hybridized carbons (Fsp3) is 0.917. The van der Waals surface area contributed by atoms with Crippen LogP contribution in [-0.2, 0) is 9.47 Å². The first-order chi connectivity index (χ1) is 8.34. The summed E-state index contributed by atoms with van der Waals surface area (Å²) in [6, 6.07) is 0.0709. The molecule has 1 N–H and O–H groups in total. The molecule has 0 saturated carbocycles. The molecule has 1 saturated heterocycles. The number of hydrogen-bond acceptors (Lipinski definition) is 3. The van der Waals surface area contributed by atoms with Crippen LogP contribution in [0.3, 0.4) is 0 Å². The highest BCUT2D eigenvalue weighted by atomic mass is 16.5. The van der Waals surface area contributed by atoms with Crippen LogP contribution in [0.1, 0.15) is 25.7 Å². The number of ether oxygens (including phenoxy) is 2. The Morgan fingerprint density at radius 3 is 2.65 bits per heavy atom. The van der Waals surface area contributed by atoms with Crippen molar-refractivity contribution in [1.82, 2.24) is 10.2 Å². The van der Waals surface area contributed by atoms with E-state index in [1.807, 2.05) is 4.90 Å². The maximum absolute atomic E-state index is 11.7. The molecule has 0 atom stereocenters. The Bertz CT molecular complexity index is 206. The van der Waals surface area contributed by atoms with E-state index in [0.29, 0.717) is 26.4 Å². The summed E-state index contributed by atoms with van der Waals surface area (Å²) in [7, 11) is 1.65. The Morgan fingerprint density at radius 1 is 1.18 bits per heavy atom. The second-order valence-corrected chi connectivity index (χ2v) is 4.24. The molecule has 100 valence electrons. The highest BCUT2D eigenvalue weighted by Crippen LogP contribution is 2.08. The van der Waals surface area contributed by atoms with Gasteiger partial charge >= 0.3 is 6.03 Å². The summed E-state index contributed by atoms with van der Waals surface area (Å²) >= 11 is 0. The maximum Gasteiger partial charge on any atom is 0.317 e. The molecule has 0 spiro atoms. The summed E-state index contributed by atoms with van der Waals surface area (Å²) in [6.45, 7) is 4.40. The highest BCUT2D eigenvalue weighted by molar-refractivity contribution is 5.74. The van der Waals surface area contributed by atoms with Crippen molar-refractivity contribution >= 4 is 6.03 Å². The van der Waals surface area contributed by atoms with Gasteiger partial charge in [-0.25, -0.2) is 4.79 Å². The van der Waals surface area contributed by atoms with E-state index in [1.165, 1.54) is 6.42 Å². The third-order valence-corrected chi connectivity index (χ3v) is 2.82. The second-order valence-electron chi connectivity index (χ2n) is 4.24. The number of carbonyl (C=O) groups excluding carboxylic acids is 1. The number of carbonyl (C=O) groups is 1. The summed E-state index contributed by atoms with van der Waals surface area (Å²) in [6.07, 6.45) is 4.36. The standard InChI is InChI=1S/C12H24N2O3/c1-16-10-11-17-9-5-6-13-12(15)14-7-3-2-4-8-14/h2-11H2,1H3,(H,13,15). The molecule has 1 aliphatic heterocycles. The van der Waals surface area contributed by atoms with Crippen LogP contribution >= 0.6 is 0 Å². The molecule has 0 aromatic heterocycles. The smallest absolute Gasteiger partial charge is 0.317 e. The molecule has 2 amide bonds. The minimum atomic E-state index is 0.0709. The average molecular weight is 244 g/mol. The van der Waals surface area contributed by atoms with E-state index in [0.717, 1.165) is 32.4 Å². The van der Waals surface area contributed by atoms with E-state index in [1.54, 1.807) is 7.11 Å².